The second-order valence-electron chi connectivity index (χ2n) is 5.16. The zero-order chi connectivity index (χ0) is 17.8. The van der Waals surface area contributed by atoms with Gasteiger partial charge in [0.25, 0.3) is 5.69 Å². The zero-order valence-electron chi connectivity index (χ0n) is 12.8. The number of hydrogen-bond acceptors (Lipinski definition) is 5. The van der Waals surface area contributed by atoms with Crippen molar-refractivity contribution in [3.63, 3.8) is 0 Å². The fourth-order valence-electron chi connectivity index (χ4n) is 2.15. The molecular weight excluding hydrogens is 362 g/mol. The average molecular weight is 374 g/mol. The van der Waals surface area contributed by atoms with Gasteiger partial charge in [-0.25, -0.2) is 4.98 Å². The summed E-state index contributed by atoms with van der Waals surface area (Å²) in [5, 5.41) is 16.5. The summed E-state index contributed by atoms with van der Waals surface area (Å²) in [4.78, 5) is 26.7. The van der Waals surface area contributed by atoms with Crippen LogP contribution in [0.25, 0.3) is 11.3 Å². The molecule has 0 aliphatic heterocycles. The lowest BCUT2D eigenvalue weighted by molar-refractivity contribution is -0.384. The first kappa shape index (κ1) is 17.1. The Balaban J connectivity index is 1.63. The van der Waals surface area contributed by atoms with Crippen molar-refractivity contribution in [2.24, 2.45) is 0 Å². The molecule has 0 spiro atoms. The highest BCUT2D eigenvalue weighted by Crippen LogP contribution is 2.24. The number of halogens is 1. The van der Waals surface area contributed by atoms with Gasteiger partial charge in [-0.15, -0.1) is 11.3 Å². The number of carbonyl (C=O) groups excluding carboxylic acids is 1. The minimum atomic E-state index is -0.487. The van der Waals surface area contributed by atoms with Gasteiger partial charge in [0.1, 0.15) is 5.01 Å². The molecule has 3 rings (SSSR count). The Morgan fingerprint density at radius 3 is 2.48 bits per heavy atom. The molecule has 1 heterocycles. The third kappa shape index (κ3) is 4.40. The number of anilines is 1. The summed E-state index contributed by atoms with van der Waals surface area (Å²) in [5.74, 6) is -0.231. The SMILES string of the molecule is O=C(Cc1nc(-c2ccc(Cl)cc2)cs1)Nc1ccc([N+](=O)[O-])cc1. The van der Waals surface area contributed by atoms with Crippen LogP contribution in [0.4, 0.5) is 11.4 Å². The summed E-state index contributed by atoms with van der Waals surface area (Å²) in [6, 6.07) is 13.0. The van der Waals surface area contributed by atoms with Gasteiger partial charge < -0.3 is 5.32 Å². The van der Waals surface area contributed by atoms with Gasteiger partial charge in [-0.05, 0) is 24.3 Å². The molecule has 1 aromatic heterocycles. The van der Waals surface area contributed by atoms with E-state index in [1.54, 1.807) is 12.1 Å². The molecule has 1 N–H and O–H groups in total. The first-order valence-electron chi connectivity index (χ1n) is 7.26. The standard InChI is InChI=1S/C17H12ClN3O3S/c18-12-3-1-11(2-4-12)15-10-25-17(20-15)9-16(22)19-13-5-7-14(8-6-13)21(23)24/h1-8,10H,9H2,(H,19,22). The van der Waals surface area contributed by atoms with Crippen molar-refractivity contribution in [1.29, 1.82) is 0 Å². The summed E-state index contributed by atoms with van der Waals surface area (Å²) in [5.41, 5.74) is 2.21. The smallest absolute Gasteiger partial charge is 0.269 e. The molecular formula is C17H12ClN3O3S. The second-order valence-corrected chi connectivity index (χ2v) is 6.54. The van der Waals surface area contributed by atoms with Crippen molar-refractivity contribution in [2.75, 3.05) is 5.32 Å². The van der Waals surface area contributed by atoms with Crippen LogP contribution in [0.2, 0.25) is 5.02 Å². The molecule has 0 saturated heterocycles. The molecule has 2 aromatic carbocycles. The molecule has 0 unspecified atom stereocenters. The molecule has 0 atom stereocenters. The number of carbonyl (C=O) groups is 1. The number of benzene rings is 2. The van der Waals surface area contributed by atoms with E-state index in [9.17, 15) is 14.9 Å². The molecule has 8 heteroatoms. The van der Waals surface area contributed by atoms with Gasteiger partial charge in [0.05, 0.1) is 17.0 Å². The number of non-ortho nitro benzene ring substituents is 1. The number of nitro groups is 1. The molecule has 25 heavy (non-hydrogen) atoms. The summed E-state index contributed by atoms with van der Waals surface area (Å²) >= 11 is 7.27. The lowest BCUT2D eigenvalue weighted by atomic mass is 10.2. The van der Waals surface area contributed by atoms with E-state index >= 15 is 0 Å². The van der Waals surface area contributed by atoms with E-state index < -0.39 is 4.92 Å². The predicted octanol–water partition coefficient (Wildman–Crippen LogP) is 4.55. The van der Waals surface area contributed by atoms with E-state index in [1.165, 1.54) is 35.6 Å². The van der Waals surface area contributed by atoms with Gasteiger partial charge in [0, 0.05) is 33.8 Å². The fraction of sp³-hybridized carbons (Fsp3) is 0.0588. The lowest BCUT2D eigenvalue weighted by Gasteiger charge is -2.03. The van der Waals surface area contributed by atoms with Crippen molar-refractivity contribution in [3.8, 4) is 11.3 Å². The number of nitro benzene ring substituents is 1. The summed E-state index contributed by atoms with van der Waals surface area (Å²) < 4.78 is 0. The largest absolute Gasteiger partial charge is 0.326 e. The van der Waals surface area contributed by atoms with Crippen LogP contribution in [0, 0.1) is 10.1 Å². The van der Waals surface area contributed by atoms with Crippen LogP contribution in [0.3, 0.4) is 0 Å². The van der Waals surface area contributed by atoms with Gasteiger partial charge in [-0.1, -0.05) is 23.7 Å². The van der Waals surface area contributed by atoms with Crippen LogP contribution < -0.4 is 5.32 Å². The van der Waals surface area contributed by atoms with E-state index in [4.69, 9.17) is 11.6 Å². The Morgan fingerprint density at radius 1 is 1.16 bits per heavy atom. The highest BCUT2D eigenvalue weighted by Gasteiger charge is 2.11. The third-order valence-corrected chi connectivity index (χ3v) is 4.47. The monoisotopic (exact) mass is 373 g/mol. The Hall–Kier alpha value is -2.77. The maximum atomic E-state index is 12.1. The molecule has 6 nitrogen and oxygen atoms in total. The first-order valence-corrected chi connectivity index (χ1v) is 8.52. The van der Waals surface area contributed by atoms with Crippen LogP contribution in [-0.4, -0.2) is 15.8 Å². The first-order chi connectivity index (χ1) is 12.0. The summed E-state index contributed by atoms with van der Waals surface area (Å²) in [7, 11) is 0. The molecule has 0 fully saturated rings. The highest BCUT2D eigenvalue weighted by molar-refractivity contribution is 7.10. The number of rotatable bonds is 5. The number of aromatic nitrogens is 1. The highest BCUT2D eigenvalue weighted by atomic mass is 35.5. The van der Waals surface area contributed by atoms with Crippen molar-refractivity contribution in [2.45, 2.75) is 6.42 Å². The topological polar surface area (TPSA) is 85.1 Å². The lowest BCUT2D eigenvalue weighted by Crippen LogP contribution is -2.14. The minimum absolute atomic E-state index is 0.0227. The van der Waals surface area contributed by atoms with Gasteiger partial charge in [-0.2, -0.15) is 0 Å². The maximum Gasteiger partial charge on any atom is 0.269 e. The molecule has 0 aliphatic carbocycles. The molecule has 0 bridgehead atoms. The fourth-order valence-corrected chi connectivity index (χ4v) is 3.08. The van der Waals surface area contributed by atoms with Crippen molar-refractivity contribution < 1.29 is 9.72 Å². The Bertz CT molecular complexity index is 908. The number of nitrogens with zero attached hydrogens (tertiary/aromatic N) is 2. The Kier molecular flexibility index (Phi) is 5.06. The van der Waals surface area contributed by atoms with E-state index in [-0.39, 0.29) is 18.0 Å². The number of hydrogen-bond donors (Lipinski definition) is 1. The maximum absolute atomic E-state index is 12.1. The van der Waals surface area contributed by atoms with Crippen LogP contribution in [-0.2, 0) is 11.2 Å². The Morgan fingerprint density at radius 2 is 1.84 bits per heavy atom. The van der Waals surface area contributed by atoms with Gasteiger partial charge in [0.2, 0.25) is 5.91 Å². The van der Waals surface area contributed by atoms with Gasteiger partial charge in [-0.3, -0.25) is 14.9 Å². The Labute approximate surface area is 152 Å². The number of thiazole rings is 1. The van der Waals surface area contributed by atoms with E-state index in [0.29, 0.717) is 15.7 Å². The van der Waals surface area contributed by atoms with Crippen LogP contribution in [0.1, 0.15) is 5.01 Å². The number of amides is 1. The number of nitrogens with one attached hydrogen (secondary N) is 1. The molecule has 0 aliphatic rings. The average Bonchev–Trinajstić information content (AvgIpc) is 3.04. The predicted molar refractivity (Wildman–Crippen MR) is 98.0 cm³/mol. The molecule has 0 radical (unpaired) electrons. The van der Waals surface area contributed by atoms with Gasteiger partial charge >= 0.3 is 0 Å². The summed E-state index contributed by atoms with van der Waals surface area (Å²) in [6.07, 6.45) is 0.134. The third-order valence-electron chi connectivity index (χ3n) is 3.37. The van der Waals surface area contributed by atoms with E-state index in [1.807, 2.05) is 17.5 Å². The quantitative estimate of drug-likeness (QED) is 0.525. The van der Waals surface area contributed by atoms with Crippen LogP contribution in [0.5, 0.6) is 0 Å². The molecule has 126 valence electrons. The summed E-state index contributed by atoms with van der Waals surface area (Å²) in [6.45, 7) is 0. The molecule has 3 aromatic rings. The van der Waals surface area contributed by atoms with Gasteiger partial charge in [0.15, 0.2) is 0 Å². The molecule has 1 amide bonds. The molecule has 0 saturated carbocycles. The second kappa shape index (κ2) is 7.42. The van der Waals surface area contributed by atoms with Crippen LogP contribution >= 0.6 is 22.9 Å². The van der Waals surface area contributed by atoms with E-state index in [2.05, 4.69) is 10.3 Å². The normalized spacial score (nSPS) is 10.4. The van der Waals surface area contributed by atoms with E-state index in [0.717, 1.165) is 11.3 Å². The zero-order valence-corrected chi connectivity index (χ0v) is 14.4. The van der Waals surface area contributed by atoms with Crippen molar-refractivity contribution in [1.82, 2.24) is 4.98 Å². The van der Waals surface area contributed by atoms with Crippen LogP contribution in [0.15, 0.2) is 53.9 Å². The van der Waals surface area contributed by atoms with Crippen molar-refractivity contribution in [3.05, 3.63) is 74.1 Å². The minimum Gasteiger partial charge on any atom is -0.326 e. The van der Waals surface area contributed by atoms with Crippen molar-refractivity contribution >= 4 is 40.2 Å².